The molecule has 2 N–H and O–H groups in total. The Labute approximate surface area is 121 Å². The Balaban J connectivity index is 2.30. The van der Waals surface area contributed by atoms with Gasteiger partial charge < -0.3 is 15.2 Å². The number of carboxylic acid groups (broad SMARTS) is 1. The maximum absolute atomic E-state index is 12.5. The number of hydrogen-bond acceptors (Lipinski definition) is 5. The molecule has 0 radical (unpaired) electrons. The number of sulfone groups is 1. The molecule has 1 heterocycles. The van der Waals surface area contributed by atoms with E-state index in [0.29, 0.717) is 5.75 Å². The van der Waals surface area contributed by atoms with Crippen molar-refractivity contribution in [3.63, 3.8) is 0 Å². The summed E-state index contributed by atoms with van der Waals surface area (Å²) in [5.74, 6) is -0.592. The molecule has 2 atom stereocenters. The minimum atomic E-state index is -3.67. The number of rotatable bonds is 4. The molecule has 0 aromatic heterocycles. The molecule has 2 rings (SSSR count). The second-order valence-corrected chi connectivity index (χ2v) is 7.10. The average molecular weight is 320 g/mol. The second-order valence-electron chi connectivity index (χ2n) is 4.50. The van der Waals surface area contributed by atoms with Crippen molar-refractivity contribution in [2.45, 2.75) is 22.6 Å². The molecule has 0 bridgehead atoms. The highest BCUT2D eigenvalue weighted by Gasteiger charge is 2.38. The molecule has 1 aliphatic heterocycles. The quantitative estimate of drug-likeness (QED) is 0.858. The number of halogens is 1. The first-order valence-corrected chi connectivity index (χ1v) is 7.82. The molecule has 1 aromatic rings. The first-order valence-electron chi connectivity index (χ1n) is 5.90. The van der Waals surface area contributed by atoms with Crippen LogP contribution in [0.15, 0.2) is 23.1 Å². The monoisotopic (exact) mass is 319 g/mol. The number of hydrogen-bond donors (Lipinski definition) is 2. The van der Waals surface area contributed by atoms with Gasteiger partial charge in [-0.2, -0.15) is 0 Å². The summed E-state index contributed by atoms with van der Waals surface area (Å²) in [7, 11) is -2.22. The summed E-state index contributed by atoms with van der Waals surface area (Å²) in [5, 5.41) is 10.8. The molecular weight excluding hydrogens is 306 g/mol. The number of aliphatic carboxylic acids is 1. The van der Waals surface area contributed by atoms with Gasteiger partial charge in [0.15, 0.2) is 9.84 Å². The highest BCUT2D eigenvalue weighted by Crippen LogP contribution is 2.31. The van der Waals surface area contributed by atoms with Gasteiger partial charge in [-0.1, -0.05) is 11.6 Å². The van der Waals surface area contributed by atoms with Crippen molar-refractivity contribution in [2.24, 2.45) is 0 Å². The maximum Gasteiger partial charge on any atom is 0.320 e. The number of benzene rings is 1. The zero-order valence-corrected chi connectivity index (χ0v) is 12.2. The van der Waals surface area contributed by atoms with Gasteiger partial charge in [-0.25, -0.2) is 8.42 Å². The van der Waals surface area contributed by atoms with Gasteiger partial charge in [-0.05, 0) is 18.6 Å². The van der Waals surface area contributed by atoms with Crippen LogP contribution in [0.25, 0.3) is 0 Å². The van der Waals surface area contributed by atoms with Crippen molar-refractivity contribution in [3.8, 4) is 5.75 Å². The summed E-state index contributed by atoms with van der Waals surface area (Å²) in [6, 6.07) is 3.47. The zero-order chi connectivity index (χ0) is 14.9. The number of nitrogens with one attached hydrogen (secondary N) is 1. The highest BCUT2D eigenvalue weighted by molar-refractivity contribution is 7.92. The van der Waals surface area contributed by atoms with Crippen LogP contribution in [-0.2, 0) is 14.6 Å². The lowest BCUT2D eigenvalue weighted by Crippen LogP contribution is -2.30. The third kappa shape index (κ3) is 2.74. The smallest absolute Gasteiger partial charge is 0.320 e. The van der Waals surface area contributed by atoms with Crippen LogP contribution < -0.4 is 10.1 Å². The van der Waals surface area contributed by atoms with E-state index in [-0.39, 0.29) is 22.9 Å². The molecule has 0 unspecified atom stereocenters. The Morgan fingerprint density at radius 1 is 1.50 bits per heavy atom. The van der Waals surface area contributed by atoms with E-state index in [1.807, 2.05) is 0 Å². The maximum atomic E-state index is 12.5. The van der Waals surface area contributed by atoms with E-state index in [4.69, 9.17) is 21.4 Å². The molecule has 0 amide bonds. The summed E-state index contributed by atoms with van der Waals surface area (Å²) in [5.41, 5.74) is 0. The molecular formula is C12H14ClNO5S. The predicted octanol–water partition coefficient (Wildman–Crippen LogP) is 0.937. The van der Waals surface area contributed by atoms with Gasteiger partial charge >= 0.3 is 5.97 Å². The molecule has 0 saturated carbocycles. The van der Waals surface area contributed by atoms with Crippen LogP contribution in [0, 0.1) is 0 Å². The Morgan fingerprint density at radius 2 is 2.20 bits per heavy atom. The Bertz CT molecular complexity index is 631. The Kier molecular flexibility index (Phi) is 4.22. The molecule has 1 saturated heterocycles. The van der Waals surface area contributed by atoms with Crippen molar-refractivity contribution in [2.75, 3.05) is 13.7 Å². The fourth-order valence-corrected chi connectivity index (χ4v) is 4.35. The Morgan fingerprint density at radius 3 is 2.70 bits per heavy atom. The number of methoxy groups -OCH3 is 1. The zero-order valence-electron chi connectivity index (χ0n) is 10.7. The van der Waals surface area contributed by atoms with Gasteiger partial charge in [0.05, 0.1) is 22.3 Å². The van der Waals surface area contributed by atoms with E-state index in [1.54, 1.807) is 0 Å². The molecule has 20 heavy (non-hydrogen) atoms. The third-order valence-electron chi connectivity index (χ3n) is 3.27. The van der Waals surface area contributed by atoms with Gasteiger partial charge in [0, 0.05) is 12.6 Å². The molecule has 6 nitrogen and oxygen atoms in total. The molecule has 0 spiro atoms. The number of carbonyl (C=O) groups is 1. The summed E-state index contributed by atoms with van der Waals surface area (Å²) >= 11 is 5.97. The van der Waals surface area contributed by atoms with Crippen molar-refractivity contribution in [1.82, 2.24) is 5.32 Å². The van der Waals surface area contributed by atoms with Gasteiger partial charge in [0.1, 0.15) is 11.8 Å². The third-order valence-corrected chi connectivity index (χ3v) is 5.90. The SMILES string of the molecule is COc1ccc(S(=O)(=O)[C@H]2CN[C@H](C(=O)O)C2)c(Cl)c1. The fraction of sp³-hybridized carbons (Fsp3) is 0.417. The molecule has 8 heteroatoms. The molecule has 1 aromatic carbocycles. The summed E-state index contributed by atoms with van der Waals surface area (Å²) in [6.45, 7) is 0.0989. The Hall–Kier alpha value is -1.31. The largest absolute Gasteiger partial charge is 0.497 e. The van der Waals surface area contributed by atoms with Crippen molar-refractivity contribution in [3.05, 3.63) is 23.2 Å². The minimum Gasteiger partial charge on any atom is -0.497 e. The average Bonchev–Trinajstić information content (AvgIpc) is 2.88. The van der Waals surface area contributed by atoms with E-state index >= 15 is 0 Å². The van der Waals surface area contributed by atoms with Gasteiger partial charge in [-0.3, -0.25) is 4.79 Å². The first-order chi connectivity index (χ1) is 9.36. The predicted molar refractivity (Wildman–Crippen MR) is 73.0 cm³/mol. The van der Waals surface area contributed by atoms with Gasteiger partial charge in [0.25, 0.3) is 0 Å². The molecule has 1 fully saturated rings. The summed E-state index contributed by atoms with van der Waals surface area (Å²) < 4.78 is 29.9. The van der Waals surface area contributed by atoms with Crippen LogP contribution in [0.2, 0.25) is 5.02 Å². The van der Waals surface area contributed by atoms with Crippen molar-refractivity contribution in [1.29, 1.82) is 0 Å². The lowest BCUT2D eigenvalue weighted by Gasteiger charge is -2.12. The lowest BCUT2D eigenvalue weighted by molar-refractivity contribution is -0.139. The number of ether oxygens (including phenoxy) is 1. The van der Waals surface area contributed by atoms with E-state index in [9.17, 15) is 13.2 Å². The topological polar surface area (TPSA) is 92.7 Å². The fourth-order valence-electron chi connectivity index (χ4n) is 2.15. The minimum absolute atomic E-state index is 0.00203. The summed E-state index contributed by atoms with van der Waals surface area (Å²) in [4.78, 5) is 10.9. The van der Waals surface area contributed by atoms with Crippen LogP contribution in [0.3, 0.4) is 0 Å². The van der Waals surface area contributed by atoms with Crippen LogP contribution in [0.1, 0.15) is 6.42 Å². The van der Waals surface area contributed by atoms with E-state index in [0.717, 1.165) is 0 Å². The normalized spacial score (nSPS) is 22.7. The standard InChI is InChI=1S/C12H14ClNO5S/c1-19-7-2-3-11(9(13)4-7)20(17,18)8-5-10(12(15)16)14-6-8/h2-4,8,10,14H,5-6H2,1H3,(H,15,16)/t8-,10+/m1/s1. The molecule has 110 valence electrons. The van der Waals surface area contributed by atoms with Gasteiger partial charge in [-0.15, -0.1) is 0 Å². The van der Waals surface area contributed by atoms with E-state index in [1.165, 1.54) is 25.3 Å². The second kappa shape index (κ2) is 5.59. The van der Waals surface area contributed by atoms with Gasteiger partial charge in [0.2, 0.25) is 0 Å². The van der Waals surface area contributed by atoms with Crippen LogP contribution in [0.5, 0.6) is 5.75 Å². The van der Waals surface area contributed by atoms with E-state index < -0.39 is 27.1 Å². The number of carboxylic acids is 1. The summed E-state index contributed by atoms with van der Waals surface area (Å²) in [6.07, 6.45) is 0.0278. The highest BCUT2D eigenvalue weighted by atomic mass is 35.5. The first kappa shape index (κ1) is 15.1. The van der Waals surface area contributed by atoms with Crippen LogP contribution >= 0.6 is 11.6 Å². The van der Waals surface area contributed by atoms with Crippen molar-refractivity contribution < 1.29 is 23.1 Å². The van der Waals surface area contributed by atoms with Crippen LogP contribution in [-0.4, -0.2) is 44.4 Å². The van der Waals surface area contributed by atoms with Crippen molar-refractivity contribution >= 4 is 27.4 Å². The lowest BCUT2D eigenvalue weighted by atomic mass is 10.2. The molecule has 0 aliphatic carbocycles. The van der Waals surface area contributed by atoms with E-state index in [2.05, 4.69) is 5.32 Å². The molecule has 1 aliphatic rings. The van der Waals surface area contributed by atoms with Crippen LogP contribution in [0.4, 0.5) is 0 Å².